The molecule has 1 amide bonds. The maximum absolute atomic E-state index is 13.2. The number of benzene rings is 2. The third kappa shape index (κ3) is 3.51. The number of amides is 1. The van der Waals surface area contributed by atoms with Gasteiger partial charge in [0.1, 0.15) is 5.82 Å². The monoisotopic (exact) mass is 404 g/mol. The van der Waals surface area contributed by atoms with Crippen LogP contribution in [0.15, 0.2) is 36.4 Å². The fourth-order valence-corrected chi connectivity index (χ4v) is 2.32. The molecule has 0 unspecified atom stereocenters. The standard InChI is InChI=1S/C13H7F2IN2O3/c14-7-1-3-9(11(16)5-7)13(19)17-8-2-4-10(15)12(6-8)18(20)21/h1-6H,(H,17,19). The molecule has 21 heavy (non-hydrogen) atoms. The predicted octanol–water partition coefficient (Wildman–Crippen LogP) is 3.73. The first-order valence-electron chi connectivity index (χ1n) is 5.59. The Kier molecular flexibility index (Phi) is 4.46. The van der Waals surface area contributed by atoms with Gasteiger partial charge in [0, 0.05) is 15.3 Å². The van der Waals surface area contributed by atoms with E-state index in [2.05, 4.69) is 5.32 Å². The van der Waals surface area contributed by atoms with Gasteiger partial charge in [0.05, 0.1) is 10.5 Å². The van der Waals surface area contributed by atoms with Crippen molar-refractivity contribution >= 4 is 39.9 Å². The van der Waals surface area contributed by atoms with Crippen LogP contribution in [0.25, 0.3) is 0 Å². The van der Waals surface area contributed by atoms with Gasteiger partial charge < -0.3 is 5.32 Å². The van der Waals surface area contributed by atoms with Crippen LogP contribution in [0.1, 0.15) is 10.4 Å². The van der Waals surface area contributed by atoms with Gasteiger partial charge in [-0.1, -0.05) is 0 Å². The molecule has 1 N–H and O–H groups in total. The summed E-state index contributed by atoms with van der Waals surface area (Å²) in [6.45, 7) is 0. The molecular weight excluding hydrogens is 397 g/mol. The molecular formula is C13H7F2IN2O3. The summed E-state index contributed by atoms with van der Waals surface area (Å²) in [6.07, 6.45) is 0. The molecule has 2 aromatic rings. The maximum Gasteiger partial charge on any atom is 0.306 e. The number of anilines is 1. The van der Waals surface area contributed by atoms with Crippen molar-refractivity contribution in [2.45, 2.75) is 0 Å². The van der Waals surface area contributed by atoms with Gasteiger partial charge >= 0.3 is 5.69 Å². The molecule has 0 aliphatic heterocycles. The van der Waals surface area contributed by atoms with Crippen molar-refractivity contribution in [2.24, 2.45) is 0 Å². The van der Waals surface area contributed by atoms with E-state index in [9.17, 15) is 23.7 Å². The summed E-state index contributed by atoms with van der Waals surface area (Å²) in [4.78, 5) is 21.8. The van der Waals surface area contributed by atoms with Crippen molar-refractivity contribution in [1.29, 1.82) is 0 Å². The molecule has 0 bridgehead atoms. The maximum atomic E-state index is 13.2. The molecule has 0 heterocycles. The number of nitro groups is 1. The topological polar surface area (TPSA) is 72.2 Å². The van der Waals surface area contributed by atoms with E-state index in [1.807, 2.05) is 0 Å². The van der Waals surface area contributed by atoms with Gasteiger partial charge in [-0.05, 0) is 52.9 Å². The molecule has 8 heteroatoms. The van der Waals surface area contributed by atoms with Crippen LogP contribution in [0.2, 0.25) is 0 Å². The number of rotatable bonds is 3. The van der Waals surface area contributed by atoms with Crippen molar-refractivity contribution in [3.63, 3.8) is 0 Å². The smallest absolute Gasteiger partial charge is 0.306 e. The lowest BCUT2D eigenvalue weighted by molar-refractivity contribution is -0.387. The molecule has 108 valence electrons. The summed E-state index contributed by atoms with van der Waals surface area (Å²) < 4.78 is 26.6. The Morgan fingerprint density at radius 1 is 1.19 bits per heavy atom. The van der Waals surface area contributed by atoms with Crippen LogP contribution in [0.5, 0.6) is 0 Å². The van der Waals surface area contributed by atoms with E-state index in [1.54, 1.807) is 22.6 Å². The van der Waals surface area contributed by atoms with E-state index in [-0.39, 0.29) is 11.3 Å². The highest BCUT2D eigenvalue weighted by atomic mass is 127. The molecule has 0 fully saturated rings. The Balaban J connectivity index is 2.27. The quantitative estimate of drug-likeness (QED) is 0.482. The van der Waals surface area contributed by atoms with Gasteiger partial charge in [-0.2, -0.15) is 4.39 Å². The number of nitro benzene ring substituents is 1. The number of carbonyl (C=O) groups is 1. The van der Waals surface area contributed by atoms with Crippen molar-refractivity contribution < 1.29 is 18.5 Å². The third-order valence-corrected chi connectivity index (χ3v) is 3.47. The summed E-state index contributed by atoms with van der Waals surface area (Å²) >= 11 is 1.80. The molecule has 2 aromatic carbocycles. The van der Waals surface area contributed by atoms with Crippen LogP contribution in [0.3, 0.4) is 0 Å². The second kappa shape index (κ2) is 6.12. The van der Waals surface area contributed by atoms with Crippen LogP contribution in [-0.4, -0.2) is 10.8 Å². The van der Waals surface area contributed by atoms with E-state index < -0.39 is 28.2 Å². The number of carbonyl (C=O) groups excluding carboxylic acids is 1. The molecule has 2 rings (SSSR count). The average Bonchev–Trinajstić information content (AvgIpc) is 2.40. The van der Waals surface area contributed by atoms with Gasteiger partial charge in [0.25, 0.3) is 5.91 Å². The summed E-state index contributed by atoms with van der Waals surface area (Å²) in [5.74, 6) is -2.04. The largest absolute Gasteiger partial charge is 0.322 e. The van der Waals surface area contributed by atoms with E-state index in [0.29, 0.717) is 3.57 Å². The van der Waals surface area contributed by atoms with Crippen molar-refractivity contribution in [1.82, 2.24) is 0 Å². The fraction of sp³-hybridized carbons (Fsp3) is 0. The van der Waals surface area contributed by atoms with E-state index in [0.717, 1.165) is 18.2 Å². The zero-order valence-corrected chi connectivity index (χ0v) is 12.4. The molecule has 0 radical (unpaired) electrons. The number of halogens is 3. The highest BCUT2D eigenvalue weighted by Crippen LogP contribution is 2.23. The molecule has 0 atom stereocenters. The summed E-state index contributed by atoms with van der Waals surface area (Å²) in [5, 5.41) is 13.0. The van der Waals surface area contributed by atoms with E-state index >= 15 is 0 Å². The number of hydrogen-bond acceptors (Lipinski definition) is 3. The Labute approximate surface area is 131 Å². The number of hydrogen-bond donors (Lipinski definition) is 1. The fourth-order valence-electron chi connectivity index (χ4n) is 1.60. The molecule has 5 nitrogen and oxygen atoms in total. The highest BCUT2D eigenvalue weighted by Gasteiger charge is 2.16. The van der Waals surface area contributed by atoms with Crippen LogP contribution in [0.4, 0.5) is 20.2 Å². The minimum absolute atomic E-state index is 0.0771. The Morgan fingerprint density at radius 3 is 2.52 bits per heavy atom. The average molecular weight is 404 g/mol. The number of nitrogens with zero attached hydrogens (tertiary/aromatic N) is 1. The SMILES string of the molecule is O=C(Nc1ccc(F)c([N+](=O)[O-])c1)c1ccc(F)cc1I. The molecule has 0 saturated heterocycles. The normalized spacial score (nSPS) is 10.2. The molecule has 0 saturated carbocycles. The van der Waals surface area contributed by atoms with Gasteiger partial charge in [-0.3, -0.25) is 14.9 Å². The van der Waals surface area contributed by atoms with Crippen LogP contribution < -0.4 is 5.32 Å². The highest BCUT2D eigenvalue weighted by molar-refractivity contribution is 14.1. The van der Waals surface area contributed by atoms with E-state index in [4.69, 9.17) is 0 Å². The first kappa shape index (κ1) is 15.3. The Hall–Kier alpha value is -2.10. The van der Waals surface area contributed by atoms with Gasteiger partial charge in [-0.25, -0.2) is 4.39 Å². The zero-order chi connectivity index (χ0) is 15.6. The second-order valence-electron chi connectivity index (χ2n) is 4.00. The summed E-state index contributed by atoms with van der Waals surface area (Å²) in [5.41, 5.74) is -0.446. The second-order valence-corrected chi connectivity index (χ2v) is 5.16. The summed E-state index contributed by atoms with van der Waals surface area (Å²) in [7, 11) is 0. The van der Waals surface area contributed by atoms with Crippen molar-refractivity contribution in [3.05, 3.63) is 67.3 Å². The van der Waals surface area contributed by atoms with E-state index in [1.165, 1.54) is 18.2 Å². The Bertz CT molecular complexity index is 737. The molecule has 0 spiro atoms. The Morgan fingerprint density at radius 2 is 1.90 bits per heavy atom. The van der Waals surface area contributed by atoms with Crippen LogP contribution >= 0.6 is 22.6 Å². The lowest BCUT2D eigenvalue weighted by atomic mass is 10.2. The molecule has 0 aliphatic carbocycles. The lowest BCUT2D eigenvalue weighted by Gasteiger charge is -2.07. The summed E-state index contributed by atoms with van der Waals surface area (Å²) in [6, 6.07) is 6.63. The first-order valence-corrected chi connectivity index (χ1v) is 6.66. The van der Waals surface area contributed by atoms with Gasteiger partial charge in [0.15, 0.2) is 0 Å². The minimum Gasteiger partial charge on any atom is -0.322 e. The molecule has 0 aromatic heterocycles. The van der Waals surface area contributed by atoms with Crippen LogP contribution in [-0.2, 0) is 0 Å². The molecule has 0 aliphatic rings. The third-order valence-electron chi connectivity index (χ3n) is 2.58. The van der Waals surface area contributed by atoms with Crippen molar-refractivity contribution in [2.75, 3.05) is 5.32 Å². The predicted molar refractivity (Wildman–Crippen MR) is 80.1 cm³/mol. The van der Waals surface area contributed by atoms with Crippen LogP contribution in [0, 0.1) is 25.3 Å². The van der Waals surface area contributed by atoms with Gasteiger partial charge in [-0.15, -0.1) is 0 Å². The van der Waals surface area contributed by atoms with Crippen molar-refractivity contribution in [3.8, 4) is 0 Å². The minimum atomic E-state index is -0.991. The first-order chi connectivity index (χ1) is 9.88. The van der Waals surface area contributed by atoms with Gasteiger partial charge in [0.2, 0.25) is 5.82 Å². The number of nitrogens with one attached hydrogen (secondary N) is 1. The zero-order valence-electron chi connectivity index (χ0n) is 10.3. The lowest BCUT2D eigenvalue weighted by Crippen LogP contribution is -2.13.